The van der Waals surface area contributed by atoms with Crippen molar-refractivity contribution in [2.24, 2.45) is 0 Å². The average molecular weight is 268 g/mol. The van der Waals surface area contributed by atoms with Gasteiger partial charge < -0.3 is 15.7 Å². The Balaban J connectivity index is 2.49. The van der Waals surface area contributed by atoms with Crippen LogP contribution in [-0.4, -0.2) is 23.7 Å². The van der Waals surface area contributed by atoms with Crippen LogP contribution in [0.2, 0.25) is 0 Å². The fourth-order valence-corrected chi connectivity index (χ4v) is 1.49. The summed E-state index contributed by atoms with van der Waals surface area (Å²) < 4.78 is 13.4. The number of carboxylic acids is 1. The van der Waals surface area contributed by atoms with Gasteiger partial charge in [-0.25, -0.2) is 9.18 Å². The number of aryl methyl sites for hydroxylation is 1. The monoisotopic (exact) mass is 268 g/mol. The third kappa shape index (κ3) is 4.95. The van der Waals surface area contributed by atoms with Crippen molar-refractivity contribution in [3.63, 3.8) is 0 Å². The number of aliphatic carboxylic acids is 1. The zero-order valence-electron chi connectivity index (χ0n) is 10.9. The summed E-state index contributed by atoms with van der Waals surface area (Å²) in [5.74, 6) is -1.30. The molecular formula is C13H17FN2O3. The van der Waals surface area contributed by atoms with E-state index in [4.69, 9.17) is 5.11 Å². The Hall–Kier alpha value is -2.11. The molecule has 0 spiro atoms. The van der Waals surface area contributed by atoms with E-state index in [1.807, 2.05) is 0 Å². The lowest BCUT2D eigenvalue weighted by Crippen LogP contribution is -2.38. The minimum Gasteiger partial charge on any atom is -0.481 e. The SMILES string of the molecule is Cc1ccc(C(C)NC(=O)NCCC(=O)O)cc1F. The standard InChI is InChI=1S/C13H17FN2O3/c1-8-3-4-10(7-11(8)14)9(2)16-13(19)15-6-5-12(17)18/h3-4,7,9H,5-6H2,1-2H3,(H,17,18)(H2,15,16,19). The van der Waals surface area contributed by atoms with Crippen LogP contribution in [0.15, 0.2) is 18.2 Å². The molecule has 0 fully saturated rings. The molecule has 1 atom stereocenters. The zero-order chi connectivity index (χ0) is 14.4. The van der Waals surface area contributed by atoms with Crippen molar-refractivity contribution >= 4 is 12.0 Å². The summed E-state index contributed by atoms with van der Waals surface area (Å²) in [6.07, 6.45) is -0.138. The first kappa shape index (κ1) is 14.9. The lowest BCUT2D eigenvalue weighted by molar-refractivity contribution is -0.136. The molecular weight excluding hydrogens is 251 g/mol. The molecule has 0 bridgehead atoms. The van der Waals surface area contributed by atoms with Crippen molar-refractivity contribution in [2.45, 2.75) is 26.3 Å². The normalized spacial score (nSPS) is 11.7. The predicted octanol–water partition coefficient (Wildman–Crippen LogP) is 1.97. The van der Waals surface area contributed by atoms with Crippen LogP contribution in [0.25, 0.3) is 0 Å². The Morgan fingerprint density at radius 1 is 1.42 bits per heavy atom. The lowest BCUT2D eigenvalue weighted by atomic mass is 10.1. The van der Waals surface area contributed by atoms with Gasteiger partial charge in [-0.05, 0) is 31.0 Å². The van der Waals surface area contributed by atoms with Crippen LogP contribution in [0.3, 0.4) is 0 Å². The molecule has 0 aromatic heterocycles. The minimum atomic E-state index is -0.978. The highest BCUT2D eigenvalue weighted by Gasteiger charge is 2.10. The van der Waals surface area contributed by atoms with Gasteiger partial charge in [0.15, 0.2) is 0 Å². The number of hydrogen-bond acceptors (Lipinski definition) is 2. The summed E-state index contributed by atoms with van der Waals surface area (Å²) in [4.78, 5) is 21.7. The first-order valence-electron chi connectivity index (χ1n) is 5.92. The molecule has 0 aliphatic carbocycles. The first-order valence-corrected chi connectivity index (χ1v) is 5.92. The van der Waals surface area contributed by atoms with Gasteiger partial charge in [0.1, 0.15) is 5.82 Å². The molecule has 1 aromatic carbocycles. The van der Waals surface area contributed by atoms with E-state index in [1.165, 1.54) is 6.07 Å². The molecule has 0 saturated carbocycles. The summed E-state index contributed by atoms with van der Waals surface area (Å²) in [5, 5.41) is 13.5. The van der Waals surface area contributed by atoms with Crippen LogP contribution in [0.1, 0.15) is 30.5 Å². The van der Waals surface area contributed by atoms with Crippen LogP contribution in [0, 0.1) is 12.7 Å². The third-order valence-electron chi connectivity index (χ3n) is 2.67. The molecule has 0 aliphatic rings. The van der Waals surface area contributed by atoms with Gasteiger partial charge in [0.25, 0.3) is 0 Å². The zero-order valence-corrected chi connectivity index (χ0v) is 10.9. The molecule has 5 nitrogen and oxygen atoms in total. The highest BCUT2D eigenvalue weighted by atomic mass is 19.1. The van der Waals surface area contributed by atoms with E-state index in [-0.39, 0.29) is 24.8 Å². The van der Waals surface area contributed by atoms with E-state index in [2.05, 4.69) is 10.6 Å². The van der Waals surface area contributed by atoms with Gasteiger partial charge in [0.05, 0.1) is 12.5 Å². The molecule has 3 N–H and O–H groups in total. The van der Waals surface area contributed by atoms with Crippen LogP contribution in [-0.2, 0) is 4.79 Å². The summed E-state index contributed by atoms with van der Waals surface area (Å²) in [6, 6.07) is 3.92. The van der Waals surface area contributed by atoms with Crippen LogP contribution >= 0.6 is 0 Å². The number of amides is 2. The van der Waals surface area contributed by atoms with E-state index in [1.54, 1.807) is 26.0 Å². The van der Waals surface area contributed by atoms with E-state index in [0.717, 1.165) is 0 Å². The van der Waals surface area contributed by atoms with Crippen LogP contribution < -0.4 is 10.6 Å². The second-order valence-electron chi connectivity index (χ2n) is 4.27. The third-order valence-corrected chi connectivity index (χ3v) is 2.67. The van der Waals surface area contributed by atoms with Crippen molar-refractivity contribution in [3.05, 3.63) is 35.1 Å². The van der Waals surface area contributed by atoms with Crippen LogP contribution in [0.4, 0.5) is 9.18 Å². The topological polar surface area (TPSA) is 78.4 Å². The summed E-state index contributed by atoms with van der Waals surface area (Å²) in [6.45, 7) is 3.44. The molecule has 2 amide bonds. The Bertz CT molecular complexity index is 477. The van der Waals surface area contributed by atoms with Gasteiger partial charge in [-0.1, -0.05) is 12.1 Å². The van der Waals surface area contributed by atoms with Crippen molar-refractivity contribution in [2.75, 3.05) is 6.54 Å². The number of carboxylic acid groups (broad SMARTS) is 1. The molecule has 1 rings (SSSR count). The fourth-order valence-electron chi connectivity index (χ4n) is 1.49. The lowest BCUT2D eigenvalue weighted by Gasteiger charge is -2.15. The molecule has 0 radical (unpaired) electrons. The maximum Gasteiger partial charge on any atom is 0.315 e. The molecule has 1 aromatic rings. The Labute approximate surface area is 110 Å². The highest BCUT2D eigenvalue weighted by Crippen LogP contribution is 2.15. The summed E-state index contributed by atoms with van der Waals surface area (Å²) >= 11 is 0. The maximum atomic E-state index is 13.4. The van der Waals surface area contributed by atoms with E-state index in [9.17, 15) is 14.0 Å². The molecule has 6 heteroatoms. The minimum absolute atomic E-state index is 0.0517. The molecule has 0 aliphatic heterocycles. The average Bonchev–Trinajstić information content (AvgIpc) is 2.32. The smallest absolute Gasteiger partial charge is 0.315 e. The maximum absolute atomic E-state index is 13.4. The second-order valence-corrected chi connectivity index (χ2v) is 4.27. The van der Waals surface area contributed by atoms with E-state index in [0.29, 0.717) is 11.1 Å². The predicted molar refractivity (Wildman–Crippen MR) is 68.3 cm³/mol. The largest absolute Gasteiger partial charge is 0.481 e. The molecule has 19 heavy (non-hydrogen) atoms. The molecule has 0 saturated heterocycles. The van der Waals surface area contributed by atoms with Gasteiger partial charge in [0.2, 0.25) is 0 Å². The number of hydrogen-bond donors (Lipinski definition) is 3. The number of rotatable bonds is 5. The van der Waals surface area contributed by atoms with Gasteiger partial charge in [-0.2, -0.15) is 0 Å². The number of halogens is 1. The Kier molecular flexibility index (Phi) is 5.29. The highest BCUT2D eigenvalue weighted by molar-refractivity contribution is 5.75. The van der Waals surface area contributed by atoms with Gasteiger partial charge in [-0.3, -0.25) is 4.79 Å². The van der Waals surface area contributed by atoms with Gasteiger partial charge >= 0.3 is 12.0 Å². The summed E-state index contributed by atoms with van der Waals surface area (Å²) in [7, 11) is 0. The number of nitrogens with one attached hydrogen (secondary N) is 2. The van der Waals surface area contributed by atoms with Gasteiger partial charge in [0, 0.05) is 6.54 Å². The van der Waals surface area contributed by atoms with Crippen molar-refractivity contribution < 1.29 is 19.1 Å². The van der Waals surface area contributed by atoms with Crippen molar-refractivity contribution in [3.8, 4) is 0 Å². The molecule has 104 valence electrons. The first-order chi connectivity index (χ1) is 8.90. The van der Waals surface area contributed by atoms with Gasteiger partial charge in [-0.15, -0.1) is 0 Å². The summed E-state index contributed by atoms with van der Waals surface area (Å²) in [5.41, 5.74) is 1.19. The number of benzene rings is 1. The fraction of sp³-hybridized carbons (Fsp3) is 0.385. The number of carbonyl (C=O) groups is 2. The Morgan fingerprint density at radius 2 is 2.11 bits per heavy atom. The second kappa shape index (κ2) is 6.72. The number of urea groups is 1. The van der Waals surface area contributed by atoms with Crippen LogP contribution in [0.5, 0.6) is 0 Å². The molecule has 1 unspecified atom stereocenters. The quantitative estimate of drug-likeness (QED) is 0.764. The molecule has 0 heterocycles. The van der Waals surface area contributed by atoms with Crippen molar-refractivity contribution in [1.29, 1.82) is 0 Å². The Morgan fingerprint density at radius 3 is 2.68 bits per heavy atom. The van der Waals surface area contributed by atoms with Crippen molar-refractivity contribution in [1.82, 2.24) is 10.6 Å². The van der Waals surface area contributed by atoms with E-state index < -0.39 is 12.0 Å². The number of carbonyl (C=O) groups excluding carboxylic acids is 1. The van der Waals surface area contributed by atoms with E-state index >= 15 is 0 Å².